The number of hydrogen-bond acceptors (Lipinski definition) is 1. The van der Waals surface area contributed by atoms with Gasteiger partial charge in [0, 0.05) is 13.1 Å². The van der Waals surface area contributed by atoms with Crippen LogP contribution in [0.4, 0.5) is 0 Å². The minimum Gasteiger partial charge on any atom is -0.312 e. The molecule has 2 aliphatic carbocycles. The smallest absolute Gasteiger partial charge is 0.0205 e. The summed E-state index contributed by atoms with van der Waals surface area (Å²) in [5.74, 6) is 1.39. The van der Waals surface area contributed by atoms with Crippen LogP contribution in [0.5, 0.6) is 0 Å². The number of fused-ring (bicyclic) bond motifs is 3. The number of aryl methyl sites for hydroxylation is 1. The van der Waals surface area contributed by atoms with Crippen molar-refractivity contribution in [1.29, 1.82) is 0 Å². The summed E-state index contributed by atoms with van der Waals surface area (Å²) >= 11 is 0. The molecule has 0 amide bonds. The van der Waals surface area contributed by atoms with Crippen LogP contribution in [0, 0.1) is 11.3 Å². The number of rotatable bonds is 5. The van der Waals surface area contributed by atoms with Crippen molar-refractivity contribution in [3.63, 3.8) is 0 Å². The van der Waals surface area contributed by atoms with Gasteiger partial charge in [0.05, 0.1) is 0 Å². The van der Waals surface area contributed by atoms with E-state index in [1.165, 1.54) is 43.2 Å². The van der Waals surface area contributed by atoms with E-state index in [2.05, 4.69) is 81.5 Å². The summed E-state index contributed by atoms with van der Waals surface area (Å²) in [5, 5.41) is 3.81. The van der Waals surface area contributed by atoms with Crippen molar-refractivity contribution in [3.05, 3.63) is 70.8 Å². The molecule has 0 heterocycles. The monoisotopic (exact) mass is 375 g/mol. The van der Waals surface area contributed by atoms with Crippen molar-refractivity contribution < 1.29 is 0 Å². The minimum absolute atomic E-state index is 0.338. The van der Waals surface area contributed by atoms with Gasteiger partial charge in [0.1, 0.15) is 0 Å². The Kier molecular flexibility index (Phi) is 5.40. The van der Waals surface area contributed by atoms with E-state index in [1.54, 1.807) is 11.1 Å². The second kappa shape index (κ2) is 7.67. The van der Waals surface area contributed by atoms with Crippen LogP contribution in [-0.4, -0.2) is 6.54 Å². The summed E-state index contributed by atoms with van der Waals surface area (Å²) in [6, 6.07) is 18.2. The summed E-state index contributed by atoms with van der Waals surface area (Å²) in [4.78, 5) is 0. The molecule has 150 valence electrons. The average Bonchev–Trinajstić information content (AvgIpc) is 2.68. The molecule has 0 aliphatic heterocycles. The minimum atomic E-state index is 0.338. The maximum atomic E-state index is 3.81. The van der Waals surface area contributed by atoms with Gasteiger partial charge in [0.25, 0.3) is 0 Å². The zero-order chi connectivity index (χ0) is 19.8. The van der Waals surface area contributed by atoms with E-state index in [0.29, 0.717) is 16.7 Å². The highest BCUT2D eigenvalue weighted by Crippen LogP contribution is 2.57. The van der Waals surface area contributed by atoms with E-state index >= 15 is 0 Å². The lowest BCUT2D eigenvalue weighted by Crippen LogP contribution is -2.52. The maximum Gasteiger partial charge on any atom is 0.0205 e. The molecule has 1 heteroatoms. The molecule has 1 fully saturated rings. The first-order valence-corrected chi connectivity index (χ1v) is 11.3. The van der Waals surface area contributed by atoms with E-state index < -0.39 is 0 Å². The molecule has 0 saturated heterocycles. The Morgan fingerprint density at radius 3 is 2.57 bits per heavy atom. The number of hydrogen-bond donors (Lipinski definition) is 1. The Morgan fingerprint density at radius 2 is 1.82 bits per heavy atom. The van der Waals surface area contributed by atoms with Crippen LogP contribution in [0.25, 0.3) is 0 Å². The van der Waals surface area contributed by atoms with Gasteiger partial charge >= 0.3 is 0 Å². The highest BCUT2D eigenvalue weighted by Gasteiger charge is 2.51. The lowest BCUT2D eigenvalue weighted by atomic mass is 9.49. The molecule has 2 aliphatic rings. The van der Waals surface area contributed by atoms with Gasteiger partial charge in [-0.3, -0.25) is 0 Å². The van der Waals surface area contributed by atoms with Crippen molar-refractivity contribution in [2.75, 3.05) is 6.54 Å². The van der Waals surface area contributed by atoms with Crippen molar-refractivity contribution in [3.8, 4) is 0 Å². The Labute approximate surface area is 172 Å². The molecule has 4 rings (SSSR count). The van der Waals surface area contributed by atoms with E-state index in [-0.39, 0.29) is 0 Å². The molecular weight excluding hydrogens is 338 g/mol. The summed E-state index contributed by atoms with van der Waals surface area (Å²) in [6.07, 6.45) is 6.65. The molecule has 0 unspecified atom stereocenters. The summed E-state index contributed by atoms with van der Waals surface area (Å²) < 4.78 is 0. The van der Waals surface area contributed by atoms with Crippen LogP contribution in [-0.2, 0) is 18.4 Å². The van der Waals surface area contributed by atoms with Crippen molar-refractivity contribution in [1.82, 2.24) is 5.32 Å². The number of benzene rings is 2. The third-order valence-corrected chi connectivity index (χ3v) is 7.87. The lowest BCUT2D eigenvalue weighted by Gasteiger charge is -2.55. The van der Waals surface area contributed by atoms with E-state index in [4.69, 9.17) is 0 Å². The Balaban J connectivity index is 1.54. The third kappa shape index (κ3) is 3.54. The molecule has 0 radical (unpaired) electrons. The maximum absolute atomic E-state index is 3.81. The van der Waals surface area contributed by atoms with Gasteiger partial charge in [-0.1, -0.05) is 82.6 Å². The Bertz CT molecular complexity index is 808. The van der Waals surface area contributed by atoms with E-state index in [0.717, 1.165) is 19.0 Å². The first kappa shape index (κ1) is 19.7. The standard InChI is InChI=1S/C27H37N/c1-20(2)22-11-13-24-23(17-22)12-14-25-26(3,15-8-16-27(24,25)4)19-28-18-21-9-6-5-7-10-21/h5-7,9-11,13,17,20,25,28H,8,12,14-16,18-19H2,1-4H3/t25-,26+,27+/m1/s1. The summed E-state index contributed by atoms with van der Waals surface area (Å²) in [7, 11) is 0. The predicted molar refractivity (Wildman–Crippen MR) is 120 cm³/mol. The highest BCUT2D eigenvalue weighted by atomic mass is 14.9. The molecule has 28 heavy (non-hydrogen) atoms. The molecule has 0 spiro atoms. The largest absolute Gasteiger partial charge is 0.312 e. The molecule has 1 N–H and O–H groups in total. The van der Waals surface area contributed by atoms with Crippen LogP contribution in [0.3, 0.4) is 0 Å². The first-order chi connectivity index (χ1) is 13.4. The molecule has 2 aromatic rings. The van der Waals surface area contributed by atoms with Crippen molar-refractivity contribution in [2.45, 2.75) is 77.7 Å². The normalized spacial score (nSPS) is 29.4. The first-order valence-electron chi connectivity index (χ1n) is 11.3. The van der Waals surface area contributed by atoms with Gasteiger partial charge in [-0.05, 0) is 70.6 Å². The Hall–Kier alpha value is -1.60. The van der Waals surface area contributed by atoms with E-state index in [9.17, 15) is 0 Å². The Morgan fingerprint density at radius 1 is 1.04 bits per heavy atom. The van der Waals surface area contributed by atoms with Gasteiger partial charge in [0.15, 0.2) is 0 Å². The van der Waals surface area contributed by atoms with Gasteiger partial charge in [-0.15, -0.1) is 0 Å². The van der Waals surface area contributed by atoms with Crippen LogP contribution in [0.15, 0.2) is 48.5 Å². The zero-order valence-corrected chi connectivity index (χ0v) is 18.2. The quantitative estimate of drug-likeness (QED) is 0.620. The number of nitrogens with one attached hydrogen (secondary N) is 1. The van der Waals surface area contributed by atoms with Crippen molar-refractivity contribution in [2.24, 2.45) is 11.3 Å². The molecule has 0 aromatic heterocycles. The second-order valence-electron chi connectivity index (χ2n) is 10.2. The third-order valence-electron chi connectivity index (χ3n) is 7.87. The molecule has 1 saturated carbocycles. The highest BCUT2D eigenvalue weighted by molar-refractivity contribution is 5.42. The van der Waals surface area contributed by atoms with Crippen LogP contribution in [0.2, 0.25) is 0 Å². The van der Waals surface area contributed by atoms with Crippen LogP contribution >= 0.6 is 0 Å². The second-order valence-corrected chi connectivity index (χ2v) is 10.2. The van der Waals surface area contributed by atoms with Gasteiger partial charge in [0.2, 0.25) is 0 Å². The molecule has 3 atom stereocenters. The fourth-order valence-electron chi connectivity index (χ4n) is 6.30. The predicted octanol–water partition coefficient (Wildman–Crippen LogP) is 6.61. The van der Waals surface area contributed by atoms with Crippen LogP contribution < -0.4 is 5.32 Å². The van der Waals surface area contributed by atoms with Crippen LogP contribution in [0.1, 0.15) is 81.5 Å². The summed E-state index contributed by atoms with van der Waals surface area (Å²) in [6.45, 7) is 11.9. The van der Waals surface area contributed by atoms with Crippen molar-refractivity contribution >= 4 is 0 Å². The van der Waals surface area contributed by atoms with Gasteiger partial charge in [-0.25, -0.2) is 0 Å². The molecule has 0 bridgehead atoms. The molecular formula is C27H37N. The fraction of sp³-hybridized carbons (Fsp3) is 0.556. The topological polar surface area (TPSA) is 12.0 Å². The SMILES string of the molecule is CC(C)c1ccc2c(c1)CC[C@@H]1[C@](C)(CNCc3ccccc3)CCC[C@@]21C. The molecule has 1 nitrogen and oxygen atoms in total. The summed E-state index contributed by atoms with van der Waals surface area (Å²) in [5.41, 5.74) is 6.90. The average molecular weight is 376 g/mol. The van der Waals surface area contributed by atoms with Gasteiger partial charge in [-0.2, -0.15) is 0 Å². The van der Waals surface area contributed by atoms with Gasteiger partial charge < -0.3 is 5.32 Å². The fourth-order valence-corrected chi connectivity index (χ4v) is 6.30. The molecule has 2 aromatic carbocycles. The zero-order valence-electron chi connectivity index (χ0n) is 18.2. The lowest BCUT2D eigenvalue weighted by molar-refractivity contribution is 0.0257. The van der Waals surface area contributed by atoms with E-state index in [1.807, 2.05) is 0 Å².